The number of hydrogen-bond donors (Lipinski definition) is 1. The molecule has 0 bridgehead atoms. The molecule has 0 radical (unpaired) electrons. The van der Waals surface area contributed by atoms with Gasteiger partial charge in [-0.2, -0.15) is 17.9 Å². The van der Waals surface area contributed by atoms with Crippen molar-refractivity contribution in [3.05, 3.63) is 65.1 Å². The van der Waals surface area contributed by atoms with E-state index in [9.17, 15) is 13.2 Å². The fourth-order valence-electron chi connectivity index (χ4n) is 3.15. The van der Waals surface area contributed by atoms with E-state index in [0.29, 0.717) is 5.89 Å². The van der Waals surface area contributed by atoms with Crippen LogP contribution in [0.5, 0.6) is 0 Å². The Labute approximate surface area is 186 Å². The lowest BCUT2D eigenvalue weighted by atomic mass is 10.1. The van der Waals surface area contributed by atoms with Crippen LogP contribution in [-0.2, 0) is 11.9 Å². The van der Waals surface area contributed by atoms with Crippen LogP contribution >= 0.6 is 23.4 Å². The van der Waals surface area contributed by atoms with Crippen LogP contribution in [0, 0.1) is 0 Å². The third kappa shape index (κ3) is 3.82. The van der Waals surface area contributed by atoms with Gasteiger partial charge in [-0.3, -0.25) is 0 Å². The van der Waals surface area contributed by atoms with Crippen molar-refractivity contribution in [1.82, 2.24) is 35.4 Å². The Hall–Kier alpha value is -3.38. The number of tetrazole rings is 1. The Bertz CT molecular complexity index is 1410. The van der Waals surface area contributed by atoms with Crippen LogP contribution in [0.4, 0.5) is 13.2 Å². The Balaban J connectivity index is 1.39. The second kappa shape index (κ2) is 7.95. The lowest BCUT2D eigenvalue weighted by Gasteiger charge is -2.13. The molecule has 0 spiro atoms. The first-order valence-electron chi connectivity index (χ1n) is 9.07. The largest absolute Gasteiger partial charge is 0.418 e. The van der Waals surface area contributed by atoms with E-state index in [1.165, 1.54) is 12.1 Å². The number of aromatic nitrogens is 7. The molecule has 5 rings (SSSR count). The zero-order valence-electron chi connectivity index (χ0n) is 15.8. The predicted octanol–water partition coefficient (Wildman–Crippen LogP) is 5.16. The fraction of sp³-hybridized carbons (Fsp3) is 0.105. The maximum Gasteiger partial charge on any atom is 0.418 e. The second-order valence-electron chi connectivity index (χ2n) is 6.58. The highest BCUT2D eigenvalue weighted by atomic mass is 35.5. The summed E-state index contributed by atoms with van der Waals surface area (Å²) in [6.45, 7) is 0. The van der Waals surface area contributed by atoms with Gasteiger partial charge in [0.05, 0.1) is 22.6 Å². The Morgan fingerprint density at radius 3 is 2.78 bits per heavy atom. The minimum absolute atomic E-state index is 0.0410. The number of nitrogens with zero attached hydrogens (tertiary/aromatic N) is 6. The molecule has 13 heteroatoms. The summed E-state index contributed by atoms with van der Waals surface area (Å²) in [5, 5.41) is 20.3. The molecule has 32 heavy (non-hydrogen) atoms. The van der Waals surface area contributed by atoms with Crippen molar-refractivity contribution >= 4 is 34.3 Å². The van der Waals surface area contributed by atoms with Crippen molar-refractivity contribution in [3.63, 3.8) is 0 Å². The number of halogens is 4. The standard InChI is InChI=1S/C19H11ClF3N7OS/c20-10-5-6-15(13(7-10)19(21,22)23)30-16(25-28-29-30)9-32-18-27-26-17(31-18)12-8-24-14-4-2-1-3-11(12)14/h1-8,24H,9H2. The molecule has 3 heterocycles. The van der Waals surface area contributed by atoms with E-state index < -0.39 is 11.7 Å². The molecule has 1 N–H and O–H groups in total. The van der Waals surface area contributed by atoms with E-state index in [1.807, 2.05) is 24.3 Å². The van der Waals surface area contributed by atoms with Gasteiger partial charge in [0, 0.05) is 22.1 Å². The molecule has 3 aromatic heterocycles. The first-order valence-corrected chi connectivity index (χ1v) is 10.4. The highest BCUT2D eigenvalue weighted by Crippen LogP contribution is 2.36. The molecule has 0 saturated carbocycles. The highest BCUT2D eigenvalue weighted by Gasteiger charge is 2.35. The monoisotopic (exact) mass is 477 g/mol. The topological polar surface area (TPSA) is 98.3 Å². The van der Waals surface area contributed by atoms with E-state index in [4.69, 9.17) is 16.0 Å². The molecule has 0 saturated heterocycles. The summed E-state index contributed by atoms with van der Waals surface area (Å²) >= 11 is 6.86. The normalized spacial score (nSPS) is 12.0. The lowest BCUT2D eigenvalue weighted by Crippen LogP contribution is -2.13. The molecule has 5 aromatic rings. The van der Waals surface area contributed by atoms with Crippen molar-refractivity contribution in [1.29, 1.82) is 0 Å². The minimum Gasteiger partial charge on any atom is -0.411 e. The smallest absolute Gasteiger partial charge is 0.411 e. The molecule has 0 aliphatic rings. The minimum atomic E-state index is -4.63. The number of nitrogens with one attached hydrogen (secondary N) is 1. The Kier molecular flexibility index (Phi) is 5.10. The van der Waals surface area contributed by atoms with Crippen molar-refractivity contribution in [2.45, 2.75) is 17.2 Å². The van der Waals surface area contributed by atoms with E-state index in [-0.39, 0.29) is 27.5 Å². The fourth-order valence-corrected chi connectivity index (χ4v) is 4.00. The van der Waals surface area contributed by atoms with Crippen LogP contribution in [0.1, 0.15) is 11.4 Å². The number of hydrogen-bond acceptors (Lipinski definition) is 7. The number of fused-ring (bicyclic) bond motifs is 1. The summed E-state index contributed by atoms with van der Waals surface area (Å²) in [7, 11) is 0. The average molecular weight is 478 g/mol. The molecule has 162 valence electrons. The van der Waals surface area contributed by atoms with Crippen molar-refractivity contribution in [3.8, 4) is 17.1 Å². The zero-order chi connectivity index (χ0) is 22.3. The van der Waals surface area contributed by atoms with Crippen LogP contribution in [0.3, 0.4) is 0 Å². The molecular weight excluding hydrogens is 467 g/mol. The van der Waals surface area contributed by atoms with Crippen LogP contribution in [0.25, 0.3) is 28.0 Å². The number of alkyl halides is 3. The third-order valence-corrected chi connectivity index (χ3v) is 5.63. The van der Waals surface area contributed by atoms with Crippen molar-refractivity contribution < 1.29 is 17.6 Å². The Morgan fingerprint density at radius 2 is 1.94 bits per heavy atom. The average Bonchev–Trinajstić information content (AvgIpc) is 3.50. The van der Waals surface area contributed by atoms with Gasteiger partial charge in [0.25, 0.3) is 11.1 Å². The van der Waals surface area contributed by atoms with Gasteiger partial charge in [-0.1, -0.05) is 41.6 Å². The maximum absolute atomic E-state index is 13.5. The van der Waals surface area contributed by atoms with Crippen molar-refractivity contribution in [2.75, 3.05) is 0 Å². The number of aromatic amines is 1. The molecular formula is C19H11ClF3N7OS. The van der Waals surface area contributed by atoms with Gasteiger partial charge in [0.15, 0.2) is 5.82 Å². The van der Waals surface area contributed by atoms with Gasteiger partial charge >= 0.3 is 6.18 Å². The van der Waals surface area contributed by atoms with E-state index in [1.54, 1.807) is 6.20 Å². The third-order valence-electron chi connectivity index (χ3n) is 4.58. The molecule has 0 fully saturated rings. The predicted molar refractivity (Wildman–Crippen MR) is 110 cm³/mol. The number of para-hydroxylation sites is 1. The van der Waals surface area contributed by atoms with Gasteiger partial charge in [-0.05, 0) is 34.7 Å². The molecule has 0 aliphatic heterocycles. The maximum atomic E-state index is 13.5. The summed E-state index contributed by atoms with van der Waals surface area (Å²) in [6.07, 6.45) is -2.86. The van der Waals surface area contributed by atoms with Gasteiger partial charge < -0.3 is 9.40 Å². The number of H-pyrrole nitrogens is 1. The van der Waals surface area contributed by atoms with E-state index in [0.717, 1.165) is 39.0 Å². The summed E-state index contributed by atoms with van der Waals surface area (Å²) in [5.41, 5.74) is 0.508. The summed E-state index contributed by atoms with van der Waals surface area (Å²) in [4.78, 5) is 3.13. The second-order valence-corrected chi connectivity index (χ2v) is 7.94. The molecule has 8 nitrogen and oxygen atoms in total. The van der Waals surface area contributed by atoms with Crippen LogP contribution in [-0.4, -0.2) is 35.4 Å². The van der Waals surface area contributed by atoms with Crippen molar-refractivity contribution in [2.24, 2.45) is 0 Å². The first kappa shape index (κ1) is 20.5. The SMILES string of the molecule is FC(F)(F)c1cc(Cl)ccc1-n1nnnc1CSc1nnc(-c2c[nH]c3ccccc23)o1. The van der Waals surface area contributed by atoms with Gasteiger partial charge in [-0.25, -0.2) is 0 Å². The lowest BCUT2D eigenvalue weighted by molar-refractivity contribution is -0.137. The summed E-state index contributed by atoms with van der Waals surface area (Å²) in [6, 6.07) is 11.1. The number of rotatable bonds is 5. The number of thioether (sulfide) groups is 1. The number of benzene rings is 2. The first-order chi connectivity index (χ1) is 15.4. The van der Waals surface area contributed by atoms with Crippen LogP contribution in [0.15, 0.2) is 58.3 Å². The molecule has 0 unspecified atom stereocenters. The van der Waals surface area contributed by atoms with Crippen LogP contribution in [0.2, 0.25) is 5.02 Å². The molecule has 0 amide bonds. The van der Waals surface area contributed by atoms with Gasteiger partial charge in [-0.15, -0.1) is 15.3 Å². The summed E-state index contributed by atoms with van der Waals surface area (Å²) < 4.78 is 47.1. The molecule has 0 aliphatic carbocycles. The van der Waals surface area contributed by atoms with Gasteiger partial charge in [0.2, 0.25) is 0 Å². The zero-order valence-corrected chi connectivity index (χ0v) is 17.4. The van der Waals surface area contributed by atoms with Gasteiger partial charge in [0.1, 0.15) is 0 Å². The molecule has 0 atom stereocenters. The Morgan fingerprint density at radius 1 is 1.09 bits per heavy atom. The van der Waals surface area contributed by atoms with Crippen LogP contribution < -0.4 is 0 Å². The summed E-state index contributed by atoms with van der Waals surface area (Å²) in [5.74, 6) is 0.596. The molecule has 2 aromatic carbocycles. The highest BCUT2D eigenvalue weighted by molar-refractivity contribution is 7.98. The quantitative estimate of drug-likeness (QED) is 0.349. The van der Waals surface area contributed by atoms with E-state index in [2.05, 4.69) is 30.7 Å². The van der Waals surface area contributed by atoms with E-state index >= 15 is 0 Å².